The van der Waals surface area contributed by atoms with Gasteiger partial charge in [-0.3, -0.25) is 0 Å². The lowest BCUT2D eigenvalue weighted by molar-refractivity contribution is -0.393. The number of aromatic nitrogens is 1. The number of H-pyrrole nitrogens is 1. The molecular weight excluding hydrogens is 271 g/mol. The van der Waals surface area contributed by atoms with Gasteiger partial charge >= 0.3 is 17.7 Å². The van der Waals surface area contributed by atoms with E-state index in [1.807, 2.05) is 0 Å². The first-order chi connectivity index (χ1) is 8.11. The van der Waals surface area contributed by atoms with E-state index < -0.39 is 40.4 Å². The lowest BCUT2D eigenvalue weighted by Gasteiger charge is -2.12. The Kier molecular flexibility index (Phi) is 3.53. The number of hydrogen-bond acceptors (Lipinski definition) is 4. The van der Waals surface area contributed by atoms with E-state index in [4.69, 9.17) is 0 Å². The van der Waals surface area contributed by atoms with Gasteiger partial charge in [-0.25, -0.2) is 18.6 Å². The summed E-state index contributed by atoms with van der Waals surface area (Å²) < 4.78 is 63.8. The average molecular weight is 274 g/mol. The van der Waals surface area contributed by atoms with E-state index in [1.165, 1.54) is 4.98 Å². The second-order valence-electron chi connectivity index (χ2n) is 2.87. The van der Waals surface area contributed by atoms with Gasteiger partial charge in [-0.05, 0) is 4.92 Å². The first kappa shape index (κ1) is 13.9. The summed E-state index contributed by atoms with van der Waals surface area (Å²) in [5.74, 6) is -3.32. The van der Waals surface area contributed by atoms with Gasteiger partial charge in [0.1, 0.15) is 0 Å². The SMILES string of the molecule is O=c1cc(C(F)F)c(OC(F)(F)F)c([N+](=O)[O-])[nH]1. The lowest BCUT2D eigenvalue weighted by atomic mass is 10.2. The average Bonchev–Trinajstić information content (AvgIpc) is 2.17. The molecule has 1 aromatic rings. The molecule has 100 valence electrons. The molecule has 0 atom stereocenters. The first-order valence-electron chi connectivity index (χ1n) is 4.07. The molecule has 1 aromatic heterocycles. The van der Waals surface area contributed by atoms with Crippen LogP contribution in [-0.4, -0.2) is 16.3 Å². The summed E-state index contributed by atoms with van der Waals surface area (Å²) in [6.07, 6.45) is -8.95. The highest BCUT2D eigenvalue weighted by Crippen LogP contribution is 2.37. The molecule has 6 nitrogen and oxygen atoms in total. The summed E-state index contributed by atoms with van der Waals surface area (Å²) in [5.41, 5.74) is -2.85. The van der Waals surface area contributed by atoms with Crippen LogP contribution >= 0.6 is 0 Å². The Morgan fingerprint density at radius 1 is 1.39 bits per heavy atom. The number of nitro groups is 1. The quantitative estimate of drug-likeness (QED) is 0.519. The van der Waals surface area contributed by atoms with Crippen molar-refractivity contribution in [1.29, 1.82) is 0 Å². The molecule has 18 heavy (non-hydrogen) atoms. The maximum atomic E-state index is 12.4. The Morgan fingerprint density at radius 3 is 2.33 bits per heavy atom. The predicted molar refractivity (Wildman–Crippen MR) is 45.4 cm³/mol. The monoisotopic (exact) mass is 274 g/mol. The van der Waals surface area contributed by atoms with Gasteiger partial charge < -0.3 is 14.9 Å². The predicted octanol–water partition coefficient (Wildman–Crippen LogP) is 2.12. The number of pyridine rings is 1. The molecule has 1 heterocycles. The summed E-state index contributed by atoms with van der Waals surface area (Å²) in [7, 11) is 0. The van der Waals surface area contributed by atoms with Gasteiger partial charge in [0.15, 0.2) is 0 Å². The minimum atomic E-state index is -5.41. The minimum Gasteiger partial charge on any atom is -0.396 e. The van der Waals surface area contributed by atoms with Crippen LogP contribution in [0.5, 0.6) is 5.75 Å². The summed E-state index contributed by atoms with van der Waals surface area (Å²) in [6.45, 7) is 0. The van der Waals surface area contributed by atoms with E-state index in [2.05, 4.69) is 4.74 Å². The maximum Gasteiger partial charge on any atom is 0.573 e. The minimum absolute atomic E-state index is 0.0960. The van der Waals surface area contributed by atoms with Crippen LogP contribution in [0.1, 0.15) is 12.0 Å². The van der Waals surface area contributed by atoms with Crippen molar-refractivity contribution >= 4 is 5.82 Å². The van der Waals surface area contributed by atoms with Crippen LogP contribution in [0.2, 0.25) is 0 Å². The Labute approximate surface area is 94.1 Å². The zero-order valence-electron chi connectivity index (χ0n) is 8.12. The molecule has 0 fully saturated rings. The molecule has 0 radical (unpaired) electrons. The van der Waals surface area contributed by atoms with Gasteiger partial charge in [-0.2, -0.15) is 0 Å². The smallest absolute Gasteiger partial charge is 0.396 e. The maximum absolute atomic E-state index is 12.4. The number of ether oxygens (including phenoxy) is 1. The fourth-order valence-electron chi connectivity index (χ4n) is 1.07. The molecule has 0 saturated carbocycles. The number of hydrogen-bond donors (Lipinski definition) is 1. The van der Waals surface area contributed by atoms with E-state index in [1.54, 1.807) is 0 Å². The number of halogens is 5. The molecule has 0 aliphatic rings. The van der Waals surface area contributed by atoms with Crippen molar-refractivity contribution in [3.8, 4) is 5.75 Å². The van der Waals surface area contributed by atoms with Crippen LogP contribution in [0.25, 0.3) is 0 Å². The third kappa shape index (κ3) is 3.15. The van der Waals surface area contributed by atoms with Crippen molar-refractivity contribution in [2.24, 2.45) is 0 Å². The molecule has 0 saturated heterocycles. The lowest BCUT2D eigenvalue weighted by Crippen LogP contribution is -2.21. The number of rotatable bonds is 3. The van der Waals surface area contributed by atoms with E-state index in [0.717, 1.165) is 0 Å². The molecule has 0 bridgehead atoms. The van der Waals surface area contributed by atoms with E-state index in [0.29, 0.717) is 0 Å². The zero-order valence-corrected chi connectivity index (χ0v) is 8.12. The highest BCUT2D eigenvalue weighted by molar-refractivity contribution is 5.46. The largest absolute Gasteiger partial charge is 0.573 e. The fraction of sp³-hybridized carbons (Fsp3) is 0.286. The Bertz CT molecular complexity index is 524. The van der Waals surface area contributed by atoms with Gasteiger partial charge in [-0.15, -0.1) is 13.2 Å². The van der Waals surface area contributed by atoms with Crippen molar-refractivity contribution in [3.63, 3.8) is 0 Å². The summed E-state index contributed by atoms with van der Waals surface area (Å²) in [5, 5.41) is 10.4. The highest BCUT2D eigenvalue weighted by atomic mass is 19.4. The van der Waals surface area contributed by atoms with Crippen LogP contribution in [0.15, 0.2) is 10.9 Å². The number of nitrogens with one attached hydrogen (secondary N) is 1. The number of aromatic amines is 1. The fourth-order valence-corrected chi connectivity index (χ4v) is 1.07. The Morgan fingerprint density at radius 2 is 1.94 bits per heavy atom. The van der Waals surface area contributed by atoms with Crippen molar-refractivity contribution in [2.45, 2.75) is 12.8 Å². The molecule has 1 N–H and O–H groups in total. The number of alkyl halides is 5. The van der Waals surface area contributed by atoms with Crippen molar-refractivity contribution < 1.29 is 31.6 Å². The molecule has 11 heteroatoms. The third-order valence-corrected chi connectivity index (χ3v) is 1.64. The van der Waals surface area contributed by atoms with E-state index in [9.17, 15) is 36.9 Å². The highest BCUT2D eigenvalue weighted by Gasteiger charge is 2.38. The van der Waals surface area contributed by atoms with Gasteiger partial charge in [-0.1, -0.05) is 0 Å². The normalized spacial score (nSPS) is 11.7. The Hall–Kier alpha value is -2.20. The molecule has 0 amide bonds. The van der Waals surface area contributed by atoms with E-state index >= 15 is 0 Å². The second kappa shape index (κ2) is 4.58. The van der Waals surface area contributed by atoms with Crippen LogP contribution in [-0.2, 0) is 0 Å². The molecule has 1 rings (SSSR count). The molecule has 0 unspecified atom stereocenters. The summed E-state index contributed by atoms with van der Waals surface area (Å²) in [4.78, 5) is 21.1. The second-order valence-corrected chi connectivity index (χ2v) is 2.87. The van der Waals surface area contributed by atoms with Gasteiger partial charge in [0.2, 0.25) is 5.75 Å². The van der Waals surface area contributed by atoms with Crippen molar-refractivity contribution in [3.05, 3.63) is 32.1 Å². The third-order valence-electron chi connectivity index (χ3n) is 1.64. The standard InChI is InChI=1S/C7H3F5N2O4/c8-5(9)2-1-3(15)13-6(14(16)17)4(2)18-7(10,11)12/h1,5H,(H,13,15). The van der Waals surface area contributed by atoms with Crippen LogP contribution < -0.4 is 10.3 Å². The van der Waals surface area contributed by atoms with Crippen molar-refractivity contribution in [1.82, 2.24) is 4.98 Å². The van der Waals surface area contributed by atoms with Gasteiger partial charge in [0.05, 0.1) is 5.56 Å². The van der Waals surface area contributed by atoms with Gasteiger partial charge in [0.25, 0.3) is 6.43 Å². The topological polar surface area (TPSA) is 85.2 Å². The van der Waals surface area contributed by atoms with Crippen LogP contribution in [0.4, 0.5) is 27.8 Å². The molecule has 0 spiro atoms. The van der Waals surface area contributed by atoms with E-state index in [-0.39, 0.29) is 6.07 Å². The van der Waals surface area contributed by atoms with Crippen molar-refractivity contribution in [2.75, 3.05) is 0 Å². The molecule has 0 aliphatic carbocycles. The molecule has 0 aromatic carbocycles. The first-order valence-corrected chi connectivity index (χ1v) is 4.07. The molecular formula is C7H3F5N2O4. The summed E-state index contributed by atoms with van der Waals surface area (Å²) in [6, 6.07) is 0.0960. The Balaban J connectivity index is 3.51. The van der Waals surface area contributed by atoms with Crippen LogP contribution in [0, 0.1) is 10.1 Å². The van der Waals surface area contributed by atoms with Crippen LogP contribution in [0.3, 0.4) is 0 Å². The number of nitrogens with zero attached hydrogens (tertiary/aromatic N) is 1. The van der Waals surface area contributed by atoms with Gasteiger partial charge in [0, 0.05) is 6.07 Å². The zero-order chi connectivity index (χ0) is 14.1. The summed E-state index contributed by atoms with van der Waals surface area (Å²) >= 11 is 0. The molecule has 0 aliphatic heterocycles.